The fourth-order valence-electron chi connectivity index (χ4n) is 2.34. The predicted octanol–water partition coefficient (Wildman–Crippen LogP) is 3.48. The van der Waals surface area contributed by atoms with Gasteiger partial charge in [-0.2, -0.15) is 5.26 Å². The van der Waals surface area contributed by atoms with Crippen molar-refractivity contribution in [1.82, 2.24) is 0 Å². The summed E-state index contributed by atoms with van der Waals surface area (Å²) < 4.78 is 10.5. The van der Waals surface area contributed by atoms with E-state index in [1.807, 2.05) is 50.2 Å². The minimum atomic E-state index is -0.625. The number of para-hydroxylation sites is 2. The number of hydrogen-bond acceptors (Lipinski definition) is 6. The minimum absolute atomic E-state index is 0.270. The lowest BCUT2D eigenvalue weighted by Gasteiger charge is -2.12. The normalized spacial score (nSPS) is 9.96. The van der Waals surface area contributed by atoms with Gasteiger partial charge < -0.3 is 14.8 Å². The van der Waals surface area contributed by atoms with Crippen molar-refractivity contribution in [2.24, 2.45) is 0 Å². The first-order valence-corrected chi connectivity index (χ1v) is 9.23. The van der Waals surface area contributed by atoms with Crippen molar-refractivity contribution in [3.05, 3.63) is 53.6 Å². The van der Waals surface area contributed by atoms with Crippen molar-refractivity contribution in [2.75, 3.05) is 24.3 Å². The van der Waals surface area contributed by atoms with Gasteiger partial charge in [0.05, 0.1) is 17.5 Å². The SMILES string of the molecule is Cc1cccc(C)c1OCC(=O)OCC(=O)Nc1ccccc1SCC#N. The number of carbonyl (C=O) groups excluding carboxylic acids is 2. The number of carbonyl (C=O) groups is 2. The highest BCUT2D eigenvalue weighted by atomic mass is 32.2. The molecule has 0 unspecified atom stereocenters. The summed E-state index contributed by atoms with van der Waals surface area (Å²) in [5, 5.41) is 11.4. The smallest absolute Gasteiger partial charge is 0.344 e. The van der Waals surface area contributed by atoms with E-state index in [1.165, 1.54) is 11.8 Å². The van der Waals surface area contributed by atoms with Crippen LogP contribution in [0.5, 0.6) is 5.75 Å². The Hall–Kier alpha value is -2.98. The van der Waals surface area contributed by atoms with E-state index in [-0.39, 0.29) is 12.4 Å². The number of nitrogens with one attached hydrogen (secondary N) is 1. The number of thioether (sulfide) groups is 1. The number of aryl methyl sites for hydroxylation is 2. The Bertz CT molecular complexity index is 841. The Morgan fingerprint density at radius 2 is 1.78 bits per heavy atom. The van der Waals surface area contributed by atoms with Crippen LogP contribution in [0.15, 0.2) is 47.4 Å². The topological polar surface area (TPSA) is 88.4 Å². The van der Waals surface area contributed by atoms with Crippen molar-refractivity contribution in [1.29, 1.82) is 5.26 Å². The molecule has 7 heteroatoms. The first-order chi connectivity index (χ1) is 13.0. The van der Waals surface area contributed by atoms with Crippen LogP contribution >= 0.6 is 11.8 Å². The minimum Gasteiger partial charge on any atom is -0.481 e. The van der Waals surface area contributed by atoms with Crippen molar-refractivity contribution >= 4 is 29.3 Å². The summed E-state index contributed by atoms with van der Waals surface area (Å²) in [7, 11) is 0. The highest BCUT2D eigenvalue weighted by molar-refractivity contribution is 7.99. The zero-order valence-electron chi connectivity index (χ0n) is 15.2. The van der Waals surface area contributed by atoms with Crippen LogP contribution in [0.1, 0.15) is 11.1 Å². The highest BCUT2D eigenvalue weighted by Crippen LogP contribution is 2.26. The predicted molar refractivity (Wildman–Crippen MR) is 104 cm³/mol. The summed E-state index contributed by atoms with van der Waals surface area (Å²) in [6, 6.07) is 14.9. The Kier molecular flexibility index (Phi) is 7.71. The van der Waals surface area contributed by atoms with Crippen LogP contribution in [0.2, 0.25) is 0 Å². The van der Waals surface area contributed by atoms with Crippen molar-refractivity contribution < 1.29 is 19.1 Å². The van der Waals surface area contributed by atoms with Crippen LogP contribution in [0.3, 0.4) is 0 Å². The van der Waals surface area contributed by atoms with Crippen molar-refractivity contribution in [2.45, 2.75) is 18.7 Å². The Labute approximate surface area is 162 Å². The van der Waals surface area contributed by atoms with E-state index in [0.29, 0.717) is 11.4 Å². The van der Waals surface area contributed by atoms with Gasteiger partial charge in [-0.15, -0.1) is 11.8 Å². The number of benzene rings is 2. The molecule has 0 bridgehead atoms. The second kappa shape index (κ2) is 10.2. The molecule has 2 aromatic rings. The van der Waals surface area contributed by atoms with Gasteiger partial charge in [-0.05, 0) is 37.1 Å². The summed E-state index contributed by atoms with van der Waals surface area (Å²) in [4.78, 5) is 24.6. The maximum Gasteiger partial charge on any atom is 0.344 e. The van der Waals surface area contributed by atoms with Gasteiger partial charge in [-0.25, -0.2) is 4.79 Å². The molecule has 0 atom stereocenters. The molecule has 0 aromatic heterocycles. The molecular formula is C20H20N2O4S. The summed E-state index contributed by atoms with van der Waals surface area (Å²) in [5.74, 6) is -0.167. The number of amides is 1. The van der Waals surface area contributed by atoms with Gasteiger partial charge in [-0.3, -0.25) is 4.79 Å². The molecule has 0 saturated heterocycles. The highest BCUT2D eigenvalue weighted by Gasteiger charge is 2.12. The molecule has 0 fully saturated rings. The molecule has 2 aromatic carbocycles. The number of rotatable bonds is 8. The molecule has 0 aliphatic rings. The van der Waals surface area contributed by atoms with Crippen molar-refractivity contribution in [3.63, 3.8) is 0 Å². The van der Waals surface area contributed by atoms with Gasteiger partial charge >= 0.3 is 5.97 Å². The number of anilines is 1. The first kappa shape index (κ1) is 20.3. The third-order valence-electron chi connectivity index (χ3n) is 3.56. The van der Waals surface area contributed by atoms with Gasteiger partial charge in [0, 0.05) is 4.90 Å². The fourth-order valence-corrected chi connectivity index (χ4v) is 3.01. The van der Waals surface area contributed by atoms with E-state index in [4.69, 9.17) is 14.7 Å². The molecule has 0 heterocycles. The Morgan fingerprint density at radius 3 is 2.48 bits per heavy atom. The number of nitrogens with zero attached hydrogens (tertiary/aromatic N) is 1. The average molecular weight is 384 g/mol. The largest absolute Gasteiger partial charge is 0.481 e. The molecule has 27 heavy (non-hydrogen) atoms. The van der Waals surface area contributed by atoms with Gasteiger partial charge in [0.2, 0.25) is 0 Å². The quantitative estimate of drug-likeness (QED) is 0.554. The molecule has 0 aliphatic heterocycles. The van der Waals surface area contributed by atoms with E-state index < -0.39 is 18.5 Å². The third-order valence-corrected chi connectivity index (χ3v) is 4.50. The maximum absolute atomic E-state index is 12.0. The first-order valence-electron chi connectivity index (χ1n) is 8.24. The molecule has 6 nitrogen and oxygen atoms in total. The lowest BCUT2D eigenvalue weighted by molar-refractivity contribution is -0.149. The Balaban J connectivity index is 1.82. The van der Waals surface area contributed by atoms with Crippen LogP contribution in [0.25, 0.3) is 0 Å². The number of esters is 1. The summed E-state index contributed by atoms with van der Waals surface area (Å²) in [6.07, 6.45) is 0. The fraction of sp³-hybridized carbons (Fsp3) is 0.250. The zero-order chi connectivity index (χ0) is 19.6. The lowest BCUT2D eigenvalue weighted by atomic mass is 10.1. The van der Waals surface area contributed by atoms with E-state index >= 15 is 0 Å². The number of ether oxygens (including phenoxy) is 2. The molecule has 1 N–H and O–H groups in total. The van der Waals surface area contributed by atoms with Gasteiger partial charge in [-0.1, -0.05) is 30.3 Å². The zero-order valence-corrected chi connectivity index (χ0v) is 16.0. The van der Waals surface area contributed by atoms with E-state index in [2.05, 4.69) is 5.32 Å². The van der Waals surface area contributed by atoms with E-state index in [9.17, 15) is 9.59 Å². The van der Waals surface area contributed by atoms with Gasteiger partial charge in [0.15, 0.2) is 13.2 Å². The van der Waals surface area contributed by atoms with E-state index in [1.54, 1.807) is 12.1 Å². The van der Waals surface area contributed by atoms with E-state index in [0.717, 1.165) is 16.0 Å². The van der Waals surface area contributed by atoms with Crippen LogP contribution in [-0.4, -0.2) is 30.8 Å². The Morgan fingerprint density at radius 1 is 1.07 bits per heavy atom. The van der Waals surface area contributed by atoms with Crippen LogP contribution in [-0.2, 0) is 14.3 Å². The second-order valence-corrected chi connectivity index (χ2v) is 6.68. The van der Waals surface area contributed by atoms with Gasteiger partial charge in [0.1, 0.15) is 5.75 Å². The van der Waals surface area contributed by atoms with Crippen LogP contribution < -0.4 is 10.1 Å². The lowest BCUT2D eigenvalue weighted by Crippen LogP contribution is -2.24. The van der Waals surface area contributed by atoms with Gasteiger partial charge in [0.25, 0.3) is 5.91 Å². The molecule has 0 aliphatic carbocycles. The summed E-state index contributed by atoms with van der Waals surface area (Å²) in [6.45, 7) is 3.10. The molecule has 0 saturated carbocycles. The maximum atomic E-state index is 12.0. The molecule has 1 amide bonds. The monoisotopic (exact) mass is 384 g/mol. The molecule has 140 valence electrons. The van der Waals surface area contributed by atoms with Crippen LogP contribution in [0.4, 0.5) is 5.69 Å². The van der Waals surface area contributed by atoms with Crippen molar-refractivity contribution in [3.8, 4) is 11.8 Å². The molecule has 2 rings (SSSR count). The molecular weight excluding hydrogens is 364 g/mol. The summed E-state index contributed by atoms with van der Waals surface area (Å²) >= 11 is 1.32. The standard InChI is InChI=1S/C20H20N2O4S/c1-14-6-5-7-15(2)20(14)26-13-19(24)25-12-18(23)22-16-8-3-4-9-17(16)27-11-10-21/h3-9H,11-13H2,1-2H3,(H,22,23). The molecule has 0 spiro atoms. The second-order valence-electron chi connectivity index (χ2n) is 5.66. The molecule has 0 radical (unpaired) electrons. The summed E-state index contributed by atoms with van der Waals surface area (Å²) in [5.41, 5.74) is 2.42. The van der Waals surface area contributed by atoms with Crippen LogP contribution in [0, 0.1) is 25.2 Å². The number of hydrogen-bond donors (Lipinski definition) is 1. The average Bonchev–Trinajstić information content (AvgIpc) is 2.65. The number of nitriles is 1. The third kappa shape index (κ3) is 6.35.